The Balaban J connectivity index is 2.01. The summed E-state index contributed by atoms with van der Waals surface area (Å²) in [6.07, 6.45) is 2.32. The highest BCUT2D eigenvalue weighted by Crippen LogP contribution is 2.37. The number of carboxylic acids is 1. The maximum absolute atomic E-state index is 12.6. The molecule has 2 unspecified atom stereocenters. The molecule has 5 heteroatoms. The largest absolute Gasteiger partial charge is 0.481 e. The van der Waals surface area contributed by atoms with Crippen LogP contribution in [-0.4, -0.2) is 48.2 Å². The average molecular weight is 283 g/mol. The third kappa shape index (κ3) is 3.32. The molecular weight excluding hydrogens is 258 g/mol. The van der Waals surface area contributed by atoms with Crippen LogP contribution in [0.1, 0.15) is 33.1 Å². The first kappa shape index (κ1) is 15.3. The van der Waals surface area contributed by atoms with E-state index >= 15 is 0 Å². The molecule has 1 N–H and O–H groups in total. The maximum atomic E-state index is 12.6. The van der Waals surface area contributed by atoms with E-state index in [0.29, 0.717) is 44.4 Å². The molecule has 1 heterocycles. The first-order valence-electron chi connectivity index (χ1n) is 7.62. The van der Waals surface area contributed by atoms with Gasteiger partial charge in [0.25, 0.3) is 0 Å². The Bertz CT molecular complexity index is 365. The van der Waals surface area contributed by atoms with Crippen molar-refractivity contribution < 1.29 is 19.4 Å². The van der Waals surface area contributed by atoms with E-state index in [2.05, 4.69) is 0 Å². The number of carbonyl (C=O) groups excluding carboxylic acids is 1. The molecule has 20 heavy (non-hydrogen) atoms. The second kappa shape index (κ2) is 6.57. The molecule has 0 aromatic heterocycles. The van der Waals surface area contributed by atoms with Crippen LogP contribution in [0.15, 0.2) is 0 Å². The predicted molar refractivity (Wildman–Crippen MR) is 74.2 cm³/mol. The van der Waals surface area contributed by atoms with Crippen molar-refractivity contribution >= 4 is 11.9 Å². The third-order valence-corrected chi connectivity index (χ3v) is 4.63. The van der Waals surface area contributed by atoms with Crippen molar-refractivity contribution in [3.05, 3.63) is 0 Å². The maximum Gasteiger partial charge on any atom is 0.307 e. The summed E-state index contributed by atoms with van der Waals surface area (Å²) >= 11 is 0. The third-order valence-electron chi connectivity index (χ3n) is 4.63. The van der Waals surface area contributed by atoms with Gasteiger partial charge in [-0.25, -0.2) is 0 Å². The lowest BCUT2D eigenvalue weighted by atomic mass is 9.94. The van der Waals surface area contributed by atoms with Gasteiger partial charge in [0.1, 0.15) is 0 Å². The first-order chi connectivity index (χ1) is 9.52. The zero-order valence-corrected chi connectivity index (χ0v) is 12.4. The van der Waals surface area contributed by atoms with Crippen molar-refractivity contribution in [2.24, 2.45) is 23.7 Å². The molecule has 2 fully saturated rings. The average Bonchev–Trinajstić information content (AvgIpc) is 3.04. The molecule has 1 saturated carbocycles. The smallest absolute Gasteiger partial charge is 0.307 e. The summed E-state index contributed by atoms with van der Waals surface area (Å²) in [6.45, 7) is 6.83. The van der Waals surface area contributed by atoms with Gasteiger partial charge in [0.05, 0.1) is 18.4 Å². The second-order valence-corrected chi connectivity index (χ2v) is 6.23. The summed E-state index contributed by atoms with van der Waals surface area (Å²) in [7, 11) is 0. The molecule has 4 atom stereocenters. The van der Waals surface area contributed by atoms with Gasteiger partial charge in [0.2, 0.25) is 5.91 Å². The number of rotatable bonds is 5. The Hall–Kier alpha value is -1.10. The van der Waals surface area contributed by atoms with Crippen LogP contribution in [-0.2, 0) is 14.3 Å². The van der Waals surface area contributed by atoms with E-state index in [1.807, 2.05) is 18.7 Å². The number of carboxylic acid groups (broad SMARTS) is 1. The summed E-state index contributed by atoms with van der Waals surface area (Å²) in [5, 5.41) is 9.30. The van der Waals surface area contributed by atoms with Crippen molar-refractivity contribution in [1.82, 2.24) is 4.90 Å². The minimum Gasteiger partial charge on any atom is -0.481 e. The SMILES string of the molecule is CCN(CC1CCOC1)C(=O)[C@H]1CC(C)C[C@H]1C(=O)O. The van der Waals surface area contributed by atoms with Crippen LogP contribution < -0.4 is 0 Å². The van der Waals surface area contributed by atoms with E-state index in [0.717, 1.165) is 13.0 Å². The summed E-state index contributed by atoms with van der Waals surface area (Å²) in [5.74, 6) is -0.931. The van der Waals surface area contributed by atoms with Crippen LogP contribution in [0.4, 0.5) is 0 Å². The highest BCUT2D eigenvalue weighted by atomic mass is 16.5. The molecule has 0 spiro atoms. The van der Waals surface area contributed by atoms with Crippen molar-refractivity contribution in [3.63, 3.8) is 0 Å². The number of ether oxygens (including phenoxy) is 1. The summed E-state index contributed by atoms with van der Waals surface area (Å²) in [6, 6.07) is 0. The lowest BCUT2D eigenvalue weighted by Crippen LogP contribution is -2.41. The first-order valence-corrected chi connectivity index (χ1v) is 7.62. The van der Waals surface area contributed by atoms with E-state index in [-0.39, 0.29) is 11.8 Å². The van der Waals surface area contributed by atoms with Crippen LogP contribution in [0, 0.1) is 23.7 Å². The van der Waals surface area contributed by atoms with Gasteiger partial charge in [-0.05, 0) is 32.1 Å². The number of hydrogen-bond acceptors (Lipinski definition) is 3. The molecule has 114 valence electrons. The van der Waals surface area contributed by atoms with Crippen molar-refractivity contribution in [1.29, 1.82) is 0 Å². The molecule has 1 amide bonds. The van der Waals surface area contributed by atoms with Crippen LogP contribution in [0.5, 0.6) is 0 Å². The van der Waals surface area contributed by atoms with E-state index in [1.165, 1.54) is 0 Å². The topological polar surface area (TPSA) is 66.8 Å². The number of amides is 1. The summed E-state index contributed by atoms with van der Waals surface area (Å²) in [5.41, 5.74) is 0. The Morgan fingerprint density at radius 2 is 2.00 bits per heavy atom. The van der Waals surface area contributed by atoms with Crippen molar-refractivity contribution in [2.75, 3.05) is 26.3 Å². The normalized spacial score (nSPS) is 33.3. The van der Waals surface area contributed by atoms with Gasteiger partial charge < -0.3 is 14.7 Å². The standard InChI is InChI=1S/C15H25NO4/c1-3-16(8-11-4-5-20-9-11)14(17)12-6-10(2)7-13(12)15(18)19/h10-13H,3-9H2,1-2H3,(H,18,19)/t10?,11?,12-,13+/m0/s1. The summed E-state index contributed by atoms with van der Waals surface area (Å²) < 4.78 is 5.35. The Morgan fingerprint density at radius 1 is 1.30 bits per heavy atom. The molecule has 1 aliphatic carbocycles. The van der Waals surface area contributed by atoms with Gasteiger partial charge in [-0.15, -0.1) is 0 Å². The van der Waals surface area contributed by atoms with Gasteiger partial charge in [-0.2, -0.15) is 0 Å². The van der Waals surface area contributed by atoms with Gasteiger partial charge in [0, 0.05) is 25.6 Å². The zero-order valence-electron chi connectivity index (χ0n) is 12.4. The van der Waals surface area contributed by atoms with Crippen LogP contribution in [0.25, 0.3) is 0 Å². The quantitative estimate of drug-likeness (QED) is 0.832. The molecule has 1 saturated heterocycles. The predicted octanol–water partition coefficient (Wildman–Crippen LogP) is 1.62. The molecule has 0 bridgehead atoms. The van der Waals surface area contributed by atoms with E-state index in [4.69, 9.17) is 4.74 Å². The molecule has 2 aliphatic rings. The number of aliphatic carboxylic acids is 1. The number of nitrogens with zero attached hydrogens (tertiary/aromatic N) is 1. The van der Waals surface area contributed by atoms with E-state index in [1.54, 1.807) is 0 Å². The molecule has 0 aromatic carbocycles. The second-order valence-electron chi connectivity index (χ2n) is 6.23. The minimum absolute atomic E-state index is 0.0242. The van der Waals surface area contributed by atoms with Crippen molar-refractivity contribution in [3.8, 4) is 0 Å². The van der Waals surface area contributed by atoms with Gasteiger partial charge in [-0.3, -0.25) is 9.59 Å². The number of carbonyl (C=O) groups is 2. The van der Waals surface area contributed by atoms with E-state index in [9.17, 15) is 14.7 Å². The monoisotopic (exact) mass is 283 g/mol. The lowest BCUT2D eigenvalue weighted by Gasteiger charge is -2.28. The molecule has 2 rings (SSSR count). The Kier molecular flexibility index (Phi) is 5.02. The fraction of sp³-hybridized carbons (Fsp3) is 0.867. The van der Waals surface area contributed by atoms with Crippen LogP contribution in [0.3, 0.4) is 0 Å². The van der Waals surface area contributed by atoms with E-state index < -0.39 is 11.9 Å². The van der Waals surface area contributed by atoms with Gasteiger partial charge in [0.15, 0.2) is 0 Å². The zero-order chi connectivity index (χ0) is 14.7. The molecular formula is C15H25NO4. The van der Waals surface area contributed by atoms with Crippen molar-refractivity contribution in [2.45, 2.75) is 33.1 Å². The summed E-state index contributed by atoms with van der Waals surface area (Å²) in [4.78, 5) is 25.8. The van der Waals surface area contributed by atoms with Gasteiger partial charge in [-0.1, -0.05) is 6.92 Å². The molecule has 0 radical (unpaired) electrons. The molecule has 5 nitrogen and oxygen atoms in total. The Labute approximate surface area is 120 Å². The van der Waals surface area contributed by atoms with Gasteiger partial charge >= 0.3 is 5.97 Å². The minimum atomic E-state index is -0.826. The Morgan fingerprint density at radius 3 is 2.55 bits per heavy atom. The highest BCUT2D eigenvalue weighted by molar-refractivity contribution is 5.85. The number of hydrogen-bond donors (Lipinski definition) is 1. The highest BCUT2D eigenvalue weighted by Gasteiger charge is 2.42. The van der Waals surface area contributed by atoms with Crippen LogP contribution in [0.2, 0.25) is 0 Å². The fourth-order valence-corrected chi connectivity index (χ4v) is 3.49. The van der Waals surface area contributed by atoms with Crippen LogP contribution >= 0.6 is 0 Å². The fourth-order valence-electron chi connectivity index (χ4n) is 3.49. The molecule has 0 aromatic rings. The molecule has 1 aliphatic heterocycles. The lowest BCUT2D eigenvalue weighted by molar-refractivity contribution is -0.149.